The molecular formula is C27H35N3O5S2Si. The Morgan fingerprint density at radius 1 is 1.08 bits per heavy atom. The van der Waals surface area contributed by atoms with Crippen molar-refractivity contribution >= 4 is 57.4 Å². The van der Waals surface area contributed by atoms with Crippen LogP contribution in [0, 0.1) is 6.92 Å². The Kier molecular flexibility index (Phi) is 8.13. The highest BCUT2D eigenvalue weighted by molar-refractivity contribution is 7.20. The number of esters is 1. The van der Waals surface area contributed by atoms with Crippen molar-refractivity contribution in [1.29, 1.82) is 0 Å². The summed E-state index contributed by atoms with van der Waals surface area (Å²) in [5, 5.41) is 1.30. The first-order valence-corrected chi connectivity index (χ1v) is 17.3. The smallest absolute Gasteiger partial charge is 0.348 e. The van der Waals surface area contributed by atoms with E-state index in [0.29, 0.717) is 33.6 Å². The third kappa shape index (κ3) is 5.42. The lowest BCUT2D eigenvalue weighted by atomic mass is 10.2. The molecule has 8 nitrogen and oxygen atoms in total. The number of benzene rings is 1. The number of carbonyl (C=O) groups is 1. The zero-order valence-corrected chi connectivity index (χ0v) is 25.7. The van der Waals surface area contributed by atoms with E-state index in [1.54, 1.807) is 29.8 Å². The Balaban J connectivity index is 1.76. The summed E-state index contributed by atoms with van der Waals surface area (Å²) >= 11 is 2.73. The monoisotopic (exact) mass is 573 g/mol. The Morgan fingerprint density at radius 2 is 1.79 bits per heavy atom. The molecule has 0 saturated heterocycles. The van der Waals surface area contributed by atoms with Crippen LogP contribution in [0.4, 0.5) is 0 Å². The number of rotatable bonds is 9. The number of hydrogen-bond donors (Lipinski definition) is 0. The van der Waals surface area contributed by atoms with Gasteiger partial charge in [-0.1, -0.05) is 32.9 Å². The van der Waals surface area contributed by atoms with Gasteiger partial charge in [0.2, 0.25) is 0 Å². The summed E-state index contributed by atoms with van der Waals surface area (Å²) in [5.74, 6) is -0.483. The third-order valence-corrected chi connectivity index (χ3v) is 14.2. The van der Waals surface area contributed by atoms with Crippen molar-refractivity contribution in [2.24, 2.45) is 0 Å². The predicted molar refractivity (Wildman–Crippen MR) is 158 cm³/mol. The van der Waals surface area contributed by atoms with E-state index in [0.717, 1.165) is 26.6 Å². The summed E-state index contributed by atoms with van der Waals surface area (Å²) in [7, 11) is -2.06. The molecule has 0 atom stereocenters. The molecule has 3 aromatic heterocycles. The fourth-order valence-electron chi connectivity index (χ4n) is 4.02. The minimum Gasteiger partial charge on any atom is -0.462 e. The van der Waals surface area contributed by atoms with E-state index in [1.807, 2.05) is 24.3 Å². The lowest BCUT2D eigenvalue weighted by molar-refractivity contribution is 0.0531. The normalized spacial score (nSPS) is 12.5. The molecule has 4 rings (SSSR count). The van der Waals surface area contributed by atoms with Crippen LogP contribution in [-0.2, 0) is 28.7 Å². The Labute approximate surface area is 231 Å². The van der Waals surface area contributed by atoms with E-state index in [2.05, 4.69) is 33.9 Å². The molecule has 204 valence electrons. The molecule has 0 bridgehead atoms. The predicted octanol–water partition coefficient (Wildman–Crippen LogP) is 5.58. The molecule has 0 aliphatic carbocycles. The highest BCUT2D eigenvalue weighted by Crippen LogP contribution is 2.36. The van der Waals surface area contributed by atoms with Crippen molar-refractivity contribution in [2.75, 3.05) is 13.2 Å². The standard InChI is InChI=1S/C27H35N3O5S2Si/c1-8-34-25(32)22-17(2)21-23(31)29(15-16-35-38(6,7)27(3,4)5)26(33)30(24(21)37-22)14-13-20-28-18-11-9-10-12-19(18)36-20/h9-12H,8,13-16H2,1-7H3. The van der Waals surface area contributed by atoms with Gasteiger partial charge in [0, 0.05) is 13.0 Å². The summed E-state index contributed by atoms with van der Waals surface area (Å²) in [5.41, 5.74) is 0.666. The molecule has 4 aromatic rings. The van der Waals surface area contributed by atoms with Crippen molar-refractivity contribution in [2.45, 2.75) is 72.3 Å². The topological polar surface area (TPSA) is 92.4 Å². The lowest BCUT2D eigenvalue weighted by Crippen LogP contribution is -2.44. The number of aromatic nitrogens is 3. The average Bonchev–Trinajstić information content (AvgIpc) is 3.41. The van der Waals surface area contributed by atoms with Crippen molar-refractivity contribution in [1.82, 2.24) is 14.1 Å². The van der Waals surface area contributed by atoms with Crippen molar-refractivity contribution in [3.8, 4) is 0 Å². The molecule has 3 heterocycles. The SMILES string of the molecule is CCOC(=O)c1sc2c(c1C)c(=O)n(CCO[Si](C)(C)C(C)(C)C)c(=O)n2CCc1nc2ccccc2s1. The Morgan fingerprint density at radius 3 is 2.45 bits per heavy atom. The summed E-state index contributed by atoms with van der Waals surface area (Å²) in [6.45, 7) is 15.2. The van der Waals surface area contributed by atoms with Crippen molar-refractivity contribution < 1.29 is 14.0 Å². The van der Waals surface area contributed by atoms with E-state index in [9.17, 15) is 14.4 Å². The fourth-order valence-corrected chi connectivity index (χ4v) is 7.23. The van der Waals surface area contributed by atoms with E-state index in [-0.39, 0.29) is 24.8 Å². The maximum atomic E-state index is 13.7. The van der Waals surface area contributed by atoms with Crippen LogP contribution in [0.15, 0.2) is 33.9 Å². The number of thiazole rings is 1. The number of fused-ring (bicyclic) bond motifs is 2. The number of thiophene rings is 1. The zero-order valence-electron chi connectivity index (χ0n) is 23.0. The molecule has 1 aromatic carbocycles. The van der Waals surface area contributed by atoms with Gasteiger partial charge in [-0.3, -0.25) is 13.9 Å². The van der Waals surface area contributed by atoms with E-state index >= 15 is 0 Å². The second kappa shape index (κ2) is 10.9. The molecular weight excluding hydrogens is 539 g/mol. The van der Waals surface area contributed by atoms with Crippen LogP contribution in [0.25, 0.3) is 20.4 Å². The molecule has 0 aliphatic heterocycles. The van der Waals surface area contributed by atoms with Crippen LogP contribution in [0.2, 0.25) is 18.1 Å². The van der Waals surface area contributed by atoms with E-state index < -0.39 is 25.5 Å². The second-order valence-corrected chi connectivity index (χ2v) is 17.7. The maximum Gasteiger partial charge on any atom is 0.348 e. The first-order chi connectivity index (χ1) is 17.9. The number of ether oxygens (including phenoxy) is 1. The second-order valence-electron chi connectivity index (χ2n) is 10.8. The van der Waals surface area contributed by atoms with Gasteiger partial charge in [0.15, 0.2) is 8.32 Å². The number of hydrogen-bond acceptors (Lipinski definition) is 8. The van der Waals surface area contributed by atoms with Crippen LogP contribution >= 0.6 is 22.7 Å². The van der Waals surface area contributed by atoms with Gasteiger partial charge in [0.1, 0.15) is 9.71 Å². The van der Waals surface area contributed by atoms with Gasteiger partial charge in [-0.25, -0.2) is 14.6 Å². The summed E-state index contributed by atoms with van der Waals surface area (Å²) in [4.78, 5) is 45.5. The van der Waals surface area contributed by atoms with Crippen molar-refractivity contribution in [3.63, 3.8) is 0 Å². The molecule has 11 heteroatoms. The minimum atomic E-state index is -2.06. The van der Waals surface area contributed by atoms with Crippen LogP contribution in [0.5, 0.6) is 0 Å². The summed E-state index contributed by atoms with van der Waals surface area (Å²) < 4.78 is 15.5. The molecule has 38 heavy (non-hydrogen) atoms. The van der Waals surface area contributed by atoms with Crippen molar-refractivity contribution in [3.05, 3.63) is 60.6 Å². The first kappa shape index (κ1) is 28.4. The van der Waals surface area contributed by atoms with E-state index in [4.69, 9.17) is 14.1 Å². The maximum absolute atomic E-state index is 13.7. The number of carbonyl (C=O) groups excluding carboxylic acids is 1. The largest absolute Gasteiger partial charge is 0.462 e. The van der Waals surface area contributed by atoms with Crippen LogP contribution in [0.3, 0.4) is 0 Å². The van der Waals surface area contributed by atoms with Gasteiger partial charge in [0.05, 0.1) is 40.4 Å². The highest BCUT2D eigenvalue weighted by Gasteiger charge is 2.37. The molecule has 0 saturated carbocycles. The first-order valence-electron chi connectivity index (χ1n) is 12.8. The fraction of sp³-hybridized carbons (Fsp3) is 0.481. The Hall–Kier alpha value is -2.60. The van der Waals surface area contributed by atoms with Gasteiger partial charge in [0.25, 0.3) is 5.56 Å². The van der Waals surface area contributed by atoms with E-state index in [1.165, 1.54) is 4.57 Å². The lowest BCUT2D eigenvalue weighted by Gasteiger charge is -2.36. The quantitative estimate of drug-likeness (QED) is 0.192. The number of nitrogens with zero attached hydrogens (tertiary/aromatic N) is 3. The third-order valence-electron chi connectivity index (χ3n) is 7.23. The van der Waals surface area contributed by atoms with Crippen LogP contribution in [-0.4, -0.2) is 41.6 Å². The number of aryl methyl sites for hydroxylation is 3. The minimum absolute atomic E-state index is 0.0118. The molecule has 0 aliphatic rings. The highest BCUT2D eigenvalue weighted by atomic mass is 32.1. The molecule has 0 unspecified atom stereocenters. The molecule has 0 amide bonds. The van der Waals surface area contributed by atoms with Gasteiger partial charge >= 0.3 is 11.7 Å². The number of para-hydroxylation sites is 1. The molecule has 0 fully saturated rings. The van der Waals surface area contributed by atoms with Crippen LogP contribution < -0.4 is 11.2 Å². The zero-order chi connectivity index (χ0) is 27.8. The van der Waals surface area contributed by atoms with Gasteiger partial charge in [-0.15, -0.1) is 22.7 Å². The summed E-state index contributed by atoms with van der Waals surface area (Å²) in [6.07, 6.45) is 0.527. The van der Waals surface area contributed by atoms with Gasteiger partial charge < -0.3 is 9.16 Å². The average molecular weight is 574 g/mol. The molecule has 0 N–H and O–H groups in total. The Bertz CT molecular complexity index is 1570. The van der Waals surface area contributed by atoms with Crippen LogP contribution in [0.1, 0.15) is 47.9 Å². The van der Waals surface area contributed by atoms with Gasteiger partial charge in [-0.05, 0) is 49.7 Å². The molecule has 0 spiro atoms. The summed E-state index contributed by atoms with van der Waals surface area (Å²) in [6, 6.07) is 7.92. The van der Waals surface area contributed by atoms with Gasteiger partial charge in [-0.2, -0.15) is 0 Å². The molecule has 0 radical (unpaired) electrons.